The largest absolute Gasteiger partial charge is 0.372 e. The van der Waals surface area contributed by atoms with Crippen LogP contribution in [0.25, 0.3) is 0 Å². The Kier molecular flexibility index (Phi) is 5.70. The highest BCUT2D eigenvalue weighted by Crippen LogP contribution is 2.23. The predicted molar refractivity (Wildman–Crippen MR) is 116 cm³/mol. The van der Waals surface area contributed by atoms with Gasteiger partial charge in [0.2, 0.25) is 5.95 Å². The zero-order valence-electron chi connectivity index (χ0n) is 16.5. The predicted octanol–water partition coefficient (Wildman–Crippen LogP) is 4.31. The van der Waals surface area contributed by atoms with Crippen molar-refractivity contribution < 1.29 is 4.79 Å². The monoisotopic (exact) mass is 387 g/mol. The first kappa shape index (κ1) is 18.9. The smallest absolute Gasteiger partial charge is 0.270 e. The van der Waals surface area contributed by atoms with Gasteiger partial charge in [-0.2, -0.15) is 0 Å². The molecule has 1 aliphatic heterocycles. The number of carbonyl (C=O) groups excluding carboxylic acids is 1. The minimum atomic E-state index is -0.226. The molecule has 1 aliphatic rings. The molecule has 0 saturated carbocycles. The van der Waals surface area contributed by atoms with Crippen molar-refractivity contribution in [2.24, 2.45) is 0 Å². The summed E-state index contributed by atoms with van der Waals surface area (Å²) in [4.78, 5) is 23.6. The molecule has 29 heavy (non-hydrogen) atoms. The molecule has 4 rings (SSSR count). The number of aromatic nitrogens is 2. The number of benzene rings is 2. The first-order valence-electron chi connectivity index (χ1n) is 10.00. The van der Waals surface area contributed by atoms with Gasteiger partial charge in [-0.15, -0.1) is 0 Å². The van der Waals surface area contributed by atoms with Gasteiger partial charge in [0, 0.05) is 30.7 Å². The zero-order valence-corrected chi connectivity index (χ0v) is 16.5. The summed E-state index contributed by atoms with van der Waals surface area (Å²) in [6.45, 7) is 4.19. The number of amides is 1. The highest BCUT2D eigenvalue weighted by atomic mass is 16.1. The Morgan fingerprint density at radius 3 is 2.45 bits per heavy atom. The average Bonchev–Trinajstić information content (AvgIpc) is 3.30. The van der Waals surface area contributed by atoms with Crippen molar-refractivity contribution in [1.29, 1.82) is 0 Å². The lowest BCUT2D eigenvalue weighted by Gasteiger charge is -2.17. The Morgan fingerprint density at radius 1 is 1.00 bits per heavy atom. The van der Waals surface area contributed by atoms with Crippen LogP contribution in [0.1, 0.15) is 41.9 Å². The zero-order chi connectivity index (χ0) is 20.1. The maximum Gasteiger partial charge on any atom is 0.270 e. The maximum absolute atomic E-state index is 12.6. The molecule has 148 valence electrons. The van der Waals surface area contributed by atoms with Crippen LogP contribution in [0.5, 0.6) is 0 Å². The SMILES string of the molecule is CC(NC(=O)c1ccnc(Nc2ccc(N3CCCC3)cc2)n1)c1ccccc1. The van der Waals surface area contributed by atoms with Crippen molar-refractivity contribution >= 4 is 23.2 Å². The lowest BCUT2D eigenvalue weighted by molar-refractivity contribution is 0.0935. The van der Waals surface area contributed by atoms with Gasteiger partial charge in [0.05, 0.1) is 6.04 Å². The number of rotatable bonds is 6. The van der Waals surface area contributed by atoms with Gasteiger partial charge in [-0.25, -0.2) is 9.97 Å². The van der Waals surface area contributed by atoms with Crippen LogP contribution in [-0.2, 0) is 0 Å². The fourth-order valence-electron chi connectivity index (χ4n) is 3.50. The lowest BCUT2D eigenvalue weighted by Crippen LogP contribution is -2.27. The van der Waals surface area contributed by atoms with Crippen molar-refractivity contribution in [2.75, 3.05) is 23.3 Å². The topological polar surface area (TPSA) is 70.2 Å². The third kappa shape index (κ3) is 4.71. The van der Waals surface area contributed by atoms with Gasteiger partial charge in [-0.3, -0.25) is 4.79 Å². The summed E-state index contributed by atoms with van der Waals surface area (Å²) >= 11 is 0. The summed E-state index contributed by atoms with van der Waals surface area (Å²) in [7, 11) is 0. The van der Waals surface area contributed by atoms with E-state index in [9.17, 15) is 4.79 Å². The third-order valence-electron chi connectivity index (χ3n) is 5.13. The molecule has 6 heteroatoms. The molecular weight excluding hydrogens is 362 g/mol. The second kappa shape index (κ2) is 8.73. The summed E-state index contributed by atoms with van der Waals surface area (Å²) in [6.07, 6.45) is 4.10. The Balaban J connectivity index is 1.41. The highest BCUT2D eigenvalue weighted by Gasteiger charge is 2.14. The molecule has 2 heterocycles. The van der Waals surface area contributed by atoms with E-state index in [-0.39, 0.29) is 11.9 Å². The molecule has 3 aromatic rings. The minimum absolute atomic E-state index is 0.104. The number of nitrogens with zero attached hydrogens (tertiary/aromatic N) is 3. The number of anilines is 3. The first-order valence-corrected chi connectivity index (χ1v) is 10.00. The molecule has 6 nitrogen and oxygen atoms in total. The van der Waals surface area contributed by atoms with Crippen molar-refractivity contribution in [1.82, 2.24) is 15.3 Å². The molecule has 1 amide bonds. The molecule has 1 aromatic heterocycles. The van der Waals surface area contributed by atoms with Gasteiger partial charge >= 0.3 is 0 Å². The van der Waals surface area contributed by atoms with Crippen LogP contribution in [-0.4, -0.2) is 29.0 Å². The van der Waals surface area contributed by atoms with Gasteiger partial charge in [0.25, 0.3) is 5.91 Å². The van der Waals surface area contributed by atoms with E-state index in [4.69, 9.17) is 0 Å². The lowest BCUT2D eigenvalue weighted by atomic mass is 10.1. The van der Waals surface area contributed by atoms with Crippen molar-refractivity contribution in [3.05, 3.63) is 78.1 Å². The molecule has 1 atom stereocenters. The van der Waals surface area contributed by atoms with Crippen molar-refractivity contribution in [3.8, 4) is 0 Å². The summed E-state index contributed by atoms with van der Waals surface area (Å²) in [5.41, 5.74) is 3.51. The van der Waals surface area contributed by atoms with Gasteiger partial charge in [-0.05, 0) is 55.7 Å². The van der Waals surface area contributed by atoms with Crippen LogP contribution in [0.15, 0.2) is 66.9 Å². The summed E-state index contributed by atoms with van der Waals surface area (Å²) in [5, 5.41) is 6.16. The van der Waals surface area contributed by atoms with Crippen LogP contribution < -0.4 is 15.5 Å². The number of nitrogens with one attached hydrogen (secondary N) is 2. The normalized spacial score (nSPS) is 14.4. The van der Waals surface area contributed by atoms with Gasteiger partial charge in [-0.1, -0.05) is 30.3 Å². The second-order valence-electron chi connectivity index (χ2n) is 7.24. The van der Waals surface area contributed by atoms with Crippen molar-refractivity contribution in [3.63, 3.8) is 0 Å². The fourth-order valence-corrected chi connectivity index (χ4v) is 3.50. The van der Waals surface area contributed by atoms with Crippen LogP contribution >= 0.6 is 0 Å². The summed E-state index contributed by atoms with van der Waals surface area (Å²) < 4.78 is 0. The standard InChI is InChI=1S/C23H25N5O/c1-17(18-7-3-2-4-8-18)25-22(29)21-13-14-24-23(27-21)26-19-9-11-20(12-10-19)28-15-5-6-16-28/h2-4,7-14,17H,5-6,15-16H2,1H3,(H,25,29)(H,24,26,27). The van der Waals surface area contributed by atoms with Crippen LogP contribution in [0.2, 0.25) is 0 Å². The second-order valence-corrected chi connectivity index (χ2v) is 7.24. The minimum Gasteiger partial charge on any atom is -0.372 e. The molecule has 0 spiro atoms. The Hall–Kier alpha value is -3.41. The molecule has 0 aliphatic carbocycles. The number of carbonyl (C=O) groups is 1. The van der Waals surface area contributed by atoms with Gasteiger partial charge in [0.1, 0.15) is 5.69 Å². The highest BCUT2D eigenvalue weighted by molar-refractivity contribution is 5.92. The van der Waals surface area contributed by atoms with E-state index in [1.54, 1.807) is 12.3 Å². The molecule has 1 unspecified atom stereocenters. The number of hydrogen-bond donors (Lipinski definition) is 2. The average molecular weight is 387 g/mol. The molecule has 2 aromatic carbocycles. The Bertz CT molecular complexity index is 953. The molecule has 1 fully saturated rings. The molecule has 2 N–H and O–H groups in total. The molecular formula is C23H25N5O. The summed E-state index contributed by atoms with van der Waals surface area (Å²) in [6, 6.07) is 19.6. The molecule has 0 radical (unpaired) electrons. The Labute approximate surface area is 171 Å². The van der Waals surface area contributed by atoms with Gasteiger partial charge in [0.15, 0.2) is 0 Å². The first-order chi connectivity index (χ1) is 14.2. The van der Waals surface area contributed by atoms with Crippen molar-refractivity contribution in [2.45, 2.75) is 25.8 Å². The van der Waals surface area contributed by atoms with Crippen LogP contribution in [0, 0.1) is 0 Å². The quantitative estimate of drug-likeness (QED) is 0.659. The third-order valence-corrected chi connectivity index (χ3v) is 5.13. The Morgan fingerprint density at radius 2 is 1.72 bits per heavy atom. The number of hydrogen-bond acceptors (Lipinski definition) is 5. The van der Waals surface area contributed by atoms with E-state index in [0.717, 1.165) is 24.3 Å². The van der Waals surface area contributed by atoms with Crippen LogP contribution in [0.4, 0.5) is 17.3 Å². The maximum atomic E-state index is 12.6. The molecule has 1 saturated heterocycles. The van der Waals surface area contributed by atoms with Gasteiger partial charge < -0.3 is 15.5 Å². The van der Waals surface area contributed by atoms with Crippen LogP contribution in [0.3, 0.4) is 0 Å². The van der Waals surface area contributed by atoms with E-state index < -0.39 is 0 Å². The van der Waals surface area contributed by atoms with E-state index in [0.29, 0.717) is 11.6 Å². The van der Waals surface area contributed by atoms with E-state index in [1.165, 1.54) is 18.5 Å². The van der Waals surface area contributed by atoms with E-state index in [1.807, 2.05) is 49.4 Å². The summed E-state index contributed by atoms with van der Waals surface area (Å²) in [5.74, 6) is 0.176. The van der Waals surface area contributed by atoms with E-state index in [2.05, 4.69) is 37.6 Å². The fraction of sp³-hybridized carbons (Fsp3) is 0.261. The van der Waals surface area contributed by atoms with E-state index >= 15 is 0 Å². The molecule has 0 bridgehead atoms.